The van der Waals surface area contributed by atoms with E-state index in [0.29, 0.717) is 22.7 Å². The van der Waals surface area contributed by atoms with Gasteiger partial charge in [-0.3, -0.25) is 0 Å². The molecule has 2 unspecified atom stereocenters. The van der Waals surface area contributed by atoms with Gasteiger partial charge in [0.2, 0.25) is 0 Å². The molecule has 1 nitrogen and oxygen atoms in total. The fourth-order valence-corrected chi connectivity index (χ4v) is 8.60. The van der Waals surface area contributed by atoms with Crippen LogP contribution in [-0.4, -0.2) is 5.11 Å². The first-order valence-corrected chi connectivity index (χ1v) is 13.0. The Morgan fingerprint density at radius 3 is 2.57 bits per heavy atom. The van der Waals surface area contributed by atoms with Crippen molar-refractivity contribution >= 4 is 0 Å². The molecule has 0 aromatic carbocycles. The van der Waals surface area contributed by atoms with Crippen LogP contribution in [0.1, 0.15) is 98.8 Å². The van der Waals surface area contributed by atoms with Gasteiger partial charge in [-0.25, -0.2) is 0 Å². The molecule has 3 fully saturated rings. The highest BCUT2D eigenvalue weighted by Gasteiger charge is 2.57. The lowest BCUT2D eigenvalue weighted by atomic mass is 9.48. The number of aliphatic hydroxyl groups is 1. The average Bonchev–Trinajstić information content (AvgIpc) is 3.10. The maximum atomic E-state index is 9.42. The highest BCUT2D eigenvalue weighted by molar-refractivity contribution is 5.28. The second kappa shape index (κ2) is 8.51. The molecule has 4 rings (SSSR count). The molecule has 0 saturated heterocycles. The molecule has 0 aliphatic heterocycles. The molecule has 3 saturated carbocycles. The van der Waals surface area contributed by atoms with Crippen LogP contribution in [0.15, 0.2) is 35.6 Å². The minimum Gasteiger partial charge on any atom is -0.516 e. The van der Waals surface area contributed by atoms with Crippen LogP contribution >= 0.6 is 0 Å². The average molecular weight is 411 g/mol. The zero-order chi connectivity index (χ0) is 21.5. The molecule has 8 atom stereocenters. The van der Waals surface area contributed by atoms with Gasteiger partial charge < -0.3 is 5.11 Å². The Kier molecular flexibility index (Phi) is 6.31. The first kappa shape index (κ1) is 22.2. The molecule has 0 bridgehead atoms. The van der Waals surface area contributed by atoms with Crippen molar-refractivity contribution in [1.29, 1.82) is 0 Å². The fourth-order valence-electron chi connectivity index (χ4n) is 8.60. The van der Waals surface area contributed by atoms with Gasteiger partial charge >= 0.3 is 0 Å². The van der Waals surface area contributed by atoms with Crippen molar-refractivity contribution in [2.45, 2.75) is 98.8 Å². The van der Waals surface area contributed by atoms with Gasteiger partial charge in [0.15, 0.2) is 0 Å². The second-order valence-corrected chi connectivity index (χ2v) is 11.9. The minimum atomic E-state index is 0.377. The molecule has 30 heavy (non-hydrogen) atoms. The second-order valence-electron chi connectivity index (χ2n) is 11.9. The topological polar surface area (TPSA) is 20.2 Å². The SMILES string of the molecule is CCC(C=C[C@@H](C)[C@H]1CC[C@H]2C3=CCC4CCCC[C@]4(C)[C@H]3CC[C@]12C)C(C)=CO. The van der Waals surface area contributed by atoms with E-state index >= 15 is 0 Å². The summed E-state index contributed by atoms with van der Waals surface area (Å²) in [6.07, 6.45) is 22.9. The first-order chi connectivity index (χ1) is 14.3. The lowest BCUT2D eigenvalue weighted by molar-refractivity contribution is -0.00480. The zero-order valence-corrected chi connectivity index (χ0v) is 20.3. The first-order valence-electron chi connectivity index (χ1n) is 13.0. The van der Waals surface area contributed by atoms with Gasteiger partial charge in [-0.2, -0.15) is 0 Å². The zero-order valence-electron chi connectivity index (χ0n) is 20.3. The van der Waals surface area contributed by atoms with Crippen molar-refractivity contribution in [3.05, 3.63) is 35.6 Å². The van der Waals surface area contributed by atoms with E-state index in [1.165, 1.54) is 64.0 Å². The third-order valence-electron chi connectivity index (χ3n) is 10.6. The summed E-state index contributed by atoms with van der Waals surface area (Å²) >= 11 is 0. The van der Waals surface area contributed by atoms with Crippen LogP contribution < -0.4 is 0 Å². The highest BCUT2D eigenvalue weighted by atomic mass is 16.2. The highest BCUT2D eigenvalue weighted by Crippen LogP contribution is 2.66. The van der Waals surface area contributed by atoms with Gasteiger partial charge in [0.1, 0.15) is 0 Å². The minimum absolute atomic E-state index is 0.377. The summed E-state index contributed by atoms with van der Waals surface area (Å²) in [5.74, 6) is 4.46. The molecule has 0 amide bonds. The number of rotatable bonds is 5. The van der Waals surface area contributed by atoms with Gasteiger partial charge in [0.25, 0.3) is 0 Å². The summed E-state index contributed by atoms with van der Waals surface area (Å²) in [6, 6.07) is 0. The molecule has 1 heteroatoms. The molecule has 0 heterocycles. The van der Waals surface area contributed by atoms with Crippen LogP contribution in [0.2, 0.25) is 0 Å². The molecule has 0 aromatic rings. The Bertz CT molecular complexity index is 714. The Hall–Kier alpha value is -0.980. The van der Waals surface area contributed by atoms with Crippen LogP contribution in [0.3, 0.4) is 0 Å². The number of hydrogen-bond donors (Lipinski definition) is 1. The molecular weight excluding hydrogens is 364 g/mol. The van der Waals surface area contributed by atoms with E-state index in [2.05, 4.69) is 45.9 Å². The number of hydrogen-bond acceptors (Lipinski definition) is 1. The lowest BCUT2D eigenvalue weighted by Gasteiger charge is -2.57. The van der Waals surface area contributed by atoms with Gasteiger partial charge in [0.05, 0.1) is 6.26 Å². The molecule has 4 aliphatic carbocycles. The van der Waals surface area contributed by atoms with Crippen LogP contribution in [0, 0.1) is 46.3 Å². The maximum Gasteiger partial charge on any atom is 0.0786 e. The number of allylic oxidation sites excluding steroid dienone is 5. The van der Waals surface area contributed by atoms with E-state index in [1.807, 2.05) is 12.5 Å². The largest absolute Gasteiger partial charge is 0.516 e. The van der Waals surface area contributed by atoms with Crippen molar-refractivity contribution in [3.63, 3.8) is 0 Å². The molecule has 168 valence electrons. The van der Waals surface area contributed by atoms with Gasteiger partial charge in [-0.05, 0) is 104 Å². The van der Waals surface area contributed by atoms with Crippen molar-refractivity contribution in [3.8, 4) is 0 Å². The summed E-state index contributed by atoms with van der Waals surface area (Å²) in [7, 11) is 0. The van der Waals surface area contributed by atoms with Crippen molar-refractivity contribution in [2.24, 2.45) is 46.3 Å². The molecule has 4 aliphatic rings. The van der Waals surface area contributed by atoms with E-state index in [9.17, 15) is 5.11 Å². The summed E-state index contributed by atoms with van der Waals surface area (Å²) < 4.78 is 0. The quantitative estimate of drug-likeness (QED) is 0.355. The van der Waals surface area contributed by atoms with Crippen LogP contribution in [0.5, 0.6) is 0 Å². The molecule has 1 N–H and O–H groups in total. The summed E-state index contributed by atoms with van der Waals surface area (Å²) in [5, 5.41) is 9.42. The van der Waals surface area contributed by atoms with Gasteiger partial charge in [-0.15, -0.1) is 0 Å². The summed E-state index contributed by atoms with van der Waals surface area (Å²) in [4.78, 5) is 0. The van der Waals surface area contributed by atoms with Crippen LogP contribution in [0.25, 0.3) is 0 Å². The number of fused-ring (bicyclic) bond motifs is 5. The van der Waals surface area contributed by atoms with Crippen molar-refractivity contribution in [1.82, 2.24) is 0 Å². The number of aliphatic hydroxyl groups excluding tert-OH is 1. The Balaban J connectivity index is 1.53. The van der Waals surface area contributed by atoms with Crippen molar-refractivity contribution in [2.75, 3.05) is 0 Å². The van der Waals surface area contributed by atoms with E-state index in [0.717, 1.165) is 35.7 Å². The van der Waals surface area contributed by atoms with Gasteiger partial charge in [-0.1, -0.05) is 64.3 Å². The third kappa shape index (κ3) is 3.53. The van der Waals surface area contributed by atoms with Crippen molar-refractivity contribution < 1.29 is 5.11 Å². The Morgan fingerprint density at radius 1 is 1.07 bits per heavy atom. The van der Waals surface area contributed by atoms with E-state index in [-0.39, 0.29) is 0 Å². The summed E-state index contributed by atoms with van der Waals surface area (Å²) in [6.45, 7) is 12.0. The third-order valence-corrected chi connectivity index (χ3v) is 10.6. The normalized spacial score (nSPS) is 43.5. The maximum absolute atomic E-state index is 9.42. The Morgan fingerprint density at radius 2 is 1.83 bits per heavy atom. The molecule has 0 spiro atoms. The van der Waals surface area contributed by atoms with Crippen LogP contribution in [-0.2, 0) is 0 Å². The smallest absolute Gasteiger partial charge is 0.0786 e. The lowest BCUT2D eigenvalue weighted by Crippen LogP contribution is -2.48. The molecule has 0 aromatic heterocycles. The molecular formula is C29H46O. The van der Waals surface area contributed by atoms with Crippen LogP contribution in [0.4, 0.5) is 0 Å². The summed E-state index contributed by atoms with van der Waals surface area (Å²) in [5.41, 5.74) is 4.05. The van der Waals surface area contributed by atoms with E-state index in [1.54, 1.807) is 0 Å². The predicted molar refractivity (Wildman–Crippen MR) is 128 cm³/mol. The fraction of sp³-hybridized carbons (Fsp3) is 0.793. The van der Waals surface area contributed by atoms with Gasteiger partial charge in [0, 0.05) is 5.92 Å². The Labute approximate surface area is 186 Å². The standard InChI is InChI=1S/C29H46O/c1-6-22(21(3)19-30)11-10-20(2)25-14-15-26-24-13-12-23-9-7-8-17-28(23,4)27(24)16-18-29(25,26)5/h10-11,13,19-20,22-23,25-27,30H,6-9,12,14-18H2,1-5H3/t20-,22?,23?,25-,26+,27+,28+,29-/m1/s1. The van der Waals surface area contributed by atoms with E-state index < -0.39 is 0 Å². The molecule has 0 radical (unpaired) electrons. The predicted octanol–water partition coefficient (Wildman–Crippen LogP) is 8.64. The van der Waals surface area contributed by atoms with E-state index in [4.69, 9.17) is 0 Å². The monoisotopic (exact) mass is 410 g/mol.